The minimum absolute atomic E-state index is 0.0903. The van der Waals surface area contributed by atoms with Gasteiger partial charge in [0.2, 0.25) is 0 Å². The van der Waals surface area contributed by atoms with Crippen LogP contribution in [0.15, 0.2) is 0 Å². The van der Waals surface area contributed by atoms with E-state index >= 15 is 0 Å². The molecule has 3 rings (SSSR count). The highest BCUT2D eigenvalue weighted by molar-refractivity contribution is 4.99. The van der Waals surface area contributed by atoms with Gasteiger partial charge in [-0.05, 0) is 31.6 Å². The van der Waals surface area contributed by atoms with Crippen molar-refractivity contribution >= 4 is 0 Å². The predicted octanol–water partition coefficient (Wildman–Crippen LogP) is 2.18. The molecule has 1 heterocycles. The highest BCUT2D eigenvalue weighted by Gasteiger charge is 2.53. The summed E-state index contributed by atoms with van der Waals surface area (Å²) in [4.78, 5) is 0. The van der Waals surface area contributed by atoms with Crippen molar-refractivity contribution in [2.24, 2.45) is 23.7 Å². The molecule has 3 nitrogen and oxygen atoms in total. The molecule has 2 aliphatic carbocycles. The average Bonchev–Trinajstić information content (AvgIpc) is 2.66. The maximum Gasteiger partial charge on any atom is 0.160 e. The lowest BCUT2D eigenvalue weighted by molar-refractivity contribution is -0.133. The summed E-state index contributed by atoms with van der Waals surface area (Å²) in [6.07, 6.45) is 6.19. The van der Waals surface area contributed by atoms with Gasteiger partial charge in [0.05, 0.1) is 12.2 Å². The maximum atomic E-state index is 10.6. The van der Waals surface area contributed by atoms with Gasteiger partial charge < -0.3 is 14.6 Å². The van der Waals surface area contributed by atoms with E-state index in [1.165, 1.54) is 32.1 Å². The first-order valence-electron chi connectivity index (χ1n) is 7.08. The zero-order valence-corrected chi connectivity index (χ0v) is 10.8. The predicted molar refractivity (Wildman–Crippen MR) is 64.4 cm³/mol. The van der Waals surface area contributed by atoms with E-state index in [0.717, 1.165) is 0 Å². The molecule has 0 bridgehead atoms. The Morgan fingerprint density at radius 3 is 2.71 bits per heavy atom. The van der Waals surface area contributed by atoms with Crippen LogP contribution in [0.2, 0.25) is 0 Å². The molecule has 7 atom stereocenters. The number of aliphatic hydroxyl groups is 1. The Bertz CT molecular complexity index is 281. The molecule has 98 valence electrons. The highest BCUT2D eigenvalue weighted by atomic mass is 16.7. The molecule has 0 spiro atoms. The molecular formula is C14H24O3. The van der Waals surface area contributed by atoms with Crippen LogP contribution >= 0.6 is 0 Å². The molecule has 17 heavy (non-hydrogen) atoms. The van der Waals surface area contributed by atoms with Crippen LogP contribution in [-0.2, 0) is 9.47 Å². The van der Waals surface area contributed by atoms with E-state index in [1.54, 1.807) is 7.11 Å². The number of rotatable bonds is 1. The summed E-state index contributed by atoms with van der Waals surface area (Å²) in [5, 5.41) is 10.6. The Morgan fingerprint density at radius 2 is 1.94 bits per heavy atom. The molecular weight excluding hydrogens is 216 g/mol. The van der Waals surface area contributed by atoms with Gasteiger partial charge in [0.1, 0.15) is 0 Å². The number of hydrogen-bond donors (Lipinski definition) is 1. The van der Waals surface area contributed by atoms with Crippen LogP contribution in [0.1, 0.15) is 39.0 Å². The maximum absolute atomic E-state index is 10.6. The zero-order valence-electron chi connectivity index (χ0n) is 10.8. The van der Waals surface area contributed by atoms with Gasteiger partial charge in [-0.25, -0.2) is 0 Å². The van der Waals surface area contributed by atoms with Crippen LogP contribution in [0.25, 0.3) is 0 Å². The lowest BCUT2D eigenvalue weighted by Crippen LogP contribution is -2.47. The summed E-state index contributed by atoms with van der Waals surface area (Å²) < 4.78 is 11.3. The molecule has 0 aromatic heterocycles. The lowest BCUT2D eigenvalue weighted by Gasteiger charge is -2.45. The monoisotopic (exact) mass is 240 g/mol. The third-order valence-corrected chi connectivity index (χ3v) is 5.34. The van der Waals surface area contributed by atoms with Crippen molar-refractivity contribution in [3.05, 3.63) is 0 Å². The summed E-state index contributed by atoms with van der Waals surface area (Å²) in [6, 6.07) is 0. The minimum atomic E-state index is -0.172. The first-order chi connectivity index (χ1) is 8.22. The topological polar surface area (TPSA) is 38.7 Å². The van der Waals surface area contributed by atoms with E-state index in [4.69, 9.17) is 9.47 Å². The smallest absolute Gasteiger partial charge is 0.160 e. The fourth-order valence-electron chi connectivity index (χ4n) is 4.58. The van der Waals surface area contributed by atoms with E-state index in [-0.39, 0.29) is 18.5 Å². The second kappa shape index (κ2) is 4.52. The van der Waals surface area contributed by atoms with E-state index in [1.807, 2.05) is 0 Å². The normalized spacial score (nSPS) is 54.2. The number of ether oxygens (including phenoxy) is 2. The molecule has 1 aliphatic heterocycles. The van der Waals surface area contributed by atoms with Crippen molar-refractivity contribution in [3.63, 3.8) is 0 Å². The van der Waals surface area contributed by atoms with Crippen LogP contribution in [0, 0.1) is 23.7 Å². The van der Waals surface area contributed by atoms with E-state index in [0.29, 0.717) is 23.7 Å². The van der Waals surface area contributed by atoms with Crippen molar-refractivity contribution in [2.75, 3.05) is 7.11 Å². The summed E-state index contributed by atoms with van der Waals surface area (Å²) in [6.45, 7) is 2.09. The first-order valence-corrected chi connectivity index (χ1v) is 7.08. The molecule has 2 saturated carbocycles. The molecule has 3 heteroatoms. The summed E-state index contributed by atoms with van der Waals surface area (Å²) in [5.41, 5.74) is 0. The van der Waals surface area contributed by atoms with Crippen LogP contribution in [0.3, 0.4) is 0 Å². The van der Waals surface area contributed by atoms with Gasteiger partial charge in [-0.1, -0.05) is 19.3 Å². The van der Waals surface area contributed by atoms with Crippen molar-refractivity contribution in [3.8, 4) is 0 Å². The van der Waals surface area contributed by atoms with E-state index < -0.39 is 0 Å². The van der Waals surface area contributed by atoms with Crippen molar-refractivity contribution in [1.82, 2.24) is 0 Å². The zero-order chi connectivity index (χ0) is 12.0. The molecule has 0 amide bonds. The van der Waals surface area contributed by atoms with Crippen molar-refractivity contribution in [2.45, 2.75) is 57.5 Å². The number of hydrogen-bond acceptors (Lipinski definition) is 3. The van der Waals surface area contributed by atoms with Gasteiger partial charge in [0.25, 0.3) is 0 Å². The molecule has 0 aromatic rings. The summed E-state index contributed by atoms with van der Waals surface area (Å²) in [5.74, 6) is 1.92. The average molecular weight is 240 g/mol. The highest BCUT2D eigenvalue weighted by Crippen LogP contribution is 2.51. The van der Waals surface area contributed by atoms with Crippen molar-refractivity contribution < 1.29 is 14.6 Å². The molecule has 1 N–H and O–H groups in total. The number of fused-ring (bicyclic) bond motifs is 2. The van der Waals surface area contributed by atoms with E-state index in [2.05, 4.69) is 6.92 Å². The number of methoxy groups -OCH3 is 1. The van der Waals surface area contributed by atoms with Gasteiger partial charge in [0, 0.05) is 18.9 Å². The minimum Gasteiger partial charge on any atom is -0.392 e. The third-order valence-electron chi connectivity index (χ3n) is 5.34. The van der Waals surface area contributed by atoms with Crippen LogP contribution in [-0.4, -0.2) is 30.7 Å². The van der Waals surface area contributed by atoms with Crippen LogP contribution in [0.5, 0.6) is 0 Å². The van der Waals surface area contributed by atoms with Gasteiger partial charge in [-0.2, -0.15) is 0 Å². The van der Waals surface area contributed by atoms with Gasteiger partial charge >= 0.3 is 0 Å². The van der Waals surface area contributed by atoms with Gasteiger partial charge in [-0.3, -0.25) is 0 Å². The Labute approximate surface area is 103 Å². The lowest BCUT2D eigenvalue weighted by atomic mass is 9.61. The quantitative estimate of drug-likeness (QED) is 0.763. The Kier molecular flexibility index (Phi) is 3.18. The first kappa shape index (κ1) is 11.9. The SMILES string of the molecule is COC1OC(C)C2C(O)C3CCCCC3CC12. The van der Waals surface area contributed by atoms with Crippen LogP contribution < -0.4 is 0 Å². The molecule has 3 fully saturated rings. The second-order valence-electron chi connectivity index (χ2n) is 6.12. The fourth-order valence-corrected chi connectivity index (χ4v) is 4.58. The molecule has 1 saturated heterocycles. The van der Waals surface area contributed by atoms with Crippen molar-refractivity contribution in [1.29, 1.82) is 0 Å². The van der Waals surface area contributed by atoms with Gasteiger partial charge in [0.15, 0.2) is 6.29 Å². The Hall–Kier alpha value is -0.120. The Morgan fingerprint density at radius 1 is 1.18 bits per heavy atom. The second-order valence-corrected chi connectivity index (χ2v) is 6.12. The molecule has 0 radical (unpaired) electrons. The molecule has 3 aliphatic rings. The largest absolute Gasteiger partial charge is 0.392 e. The number of aliphatic hydroxyl groups excluding tert-OH is 1. The molecule has 0 aromatic carbocycles. The van der Waals surface area contributed by atoms with E-state index in [9.17, 15) is 5.11 Å². The third kappa shape index (κ3) is 1.83. The summed E-state index contributed by atoms with van der Waals surface area (Å²) >= 11 is 0. The fraction of sp³-hybridized carbons (Fsp3) is 1.00. The van der Waals surface area contributed by atoms with Gasteiger partial charge in [-0.15, -0.1) is 0 Å². The standard InChI is InChI=1S/C14H24O3/c1-8-12-11(14(16-2)17-8)7-9-5-3-4-6-10(9)13(12)15/h8-15H,3-7H2,1-2H3. The molecule has 7 unspecified atom stereocenters. The Balaban J connectivity index is 1.82. The van der Waals surface area contributed by atoms with Crippen LogP contribution in [0.4, 0.5) is 0 Å². The summed E-state index contributed by atoms with van der Waals surface area (Å²) in [7, 11) is 1.72.